The van der Waals surface area contributed by atoms with Crippen molar-refractivity contribution >= 4 is 17.3 Å². The first-order chi connectivity index (χ1) is 8.04. The summed E-state index contributed by atoms with van der Waals surface area (Å²) in [7, 11) is 1.49. The molecule has 6 heteroatoms. The lowest BCUT2D eigenvalue weighted by Gasteiger charge is -2.09. The summed E-state index contributed by atoms with van der Waals surface area (Å²) in [4.78, 5) is 10.3. The number of aliphatic hydroxyl groups excluding tert-OH is 1. The third-order valence-electron chi connectivity index (χ3n) is 2.35. The van der Waals surface area contributed by atoms with Gasteiger partial charge in [0.1, 0.15) is 0 Å². The van der Waals surface area contributed by atoms with E-state index in [-0.39, 0.29) is 12.3 Å². The number of nitrogens with zero attached hydrogens (tertiary/aromatic N) is 1. The van der Waals surface area contributed by atoms with Crippen LogP contribution in [0, 0.1) is 10.1 Å². The lowest BCUT2D eigenvalue weighted by molar-refractivity contribution is -0.385. The van der Waals surface area contributed by atoms with Crippen LogP contribution in [0.1, 0.15) is 12.0 Å². The van der Waals surface area contributed by atoms with Crippen molar-refractivity contribution in [2.75, 3.05) is 13.7 Å². The normalized spacial score (nSPS) is 12.4. The fourth-order valence-electron chi connectivity index (χ4n) is 1.52. The molecule has 0 radical (unpaired) electrons. The molecule has 1 rings (SSSR count). The first-order valence-electron chi connectivity index (χ1n) is 5.14. The number of benzene rings is 1. The van der Waals surface area contributed by atoms with Gasteiger partial charge in [0.2, 0.25) is 0 Å². The standard InChI is InChI=1S/C11H14ClNO4/c1-17-7-10(14)5-3-8-2-4-9(12)6-11(8)13(15)16/h2,4,6,10,14H,3,5,7H2,1H3. The summed E-state index contributed by atoms with van der Waals surface area (Å²) >= 11 is 5.70. The SMILES string of the molecule is COCC(O)CCc1ccc(Cl)cc1[N+](=O)[O-]. The number of halogens is 1. The van der Waals surface area contributed by atoms with E-state index in [0.717, 1.165) is 0 Å². The average Bonchev–Trinajstić information content (AvgIpc) is 2.27. The first kappa shape index (κ1) is 13.9. The molecule has 1 N–H and O–H groups in total. The van der Waals surface area contributed by atoms with E-state index in [1.54, 1.807) is 12.1 Å². The highest BCUT2D eigenvalue weighted by Crippen LogP contribution is 2.24. The second kappa shape index (κ2) is 6.54. The molecule has 0 aliphatic heterocycles. The molecule has 1 aromatic carbocycles. The van der Waals surface area contributed by atoms with Gasteiger partial charge in [-0.05, 0) is 18.9 Å². The zero-order valence-electron chi connectivity index (χ0n) is 9.43. The summed E-state index contributed by atoms with van der Waals surface area (Å²) in [5.41, 5.74) is 0.552. The van der Waals surface area contributed by atoms with Crippen molar-refractivity contribution in [3.8, 4) is 0 Å². The zero-order chi connectivity index (χ0) is 12.8. The van der Waals surface area contributed by atoms with Crippen LogP contribution in [0.15, 0.2) is 18.2 Å². The number of hydrogen-bond acceptors (Lipinski definition) is 4. The number of nitro benzene ring substituents is 1. The summed E-state index contributed by atoms with van der Waals surface area (Å²) in [6, 6.07) is 4.53. The Balaban J connectivity index is 2.73. The van der Waals surface area contributed by atoms with Gasteiger partial charge in [-0.3, -0.25) is 10.1 Å². The van der Waals surface area contributed by atoms with Crippen molar-refractivity contribution in [3.63, 3.8) is 0 Å². The van der Waals surface area contributed by atoms with E-state index in [0.29, 0.717) is 23.4 Å². The fraction of sp³-hybridized carbons (Fsp3) is 0.455. The molecule has 0 heterocycles. The van der Waals surface area contributed by atoms with Crippen molar-refractivity contribution in [1.29, 1.82) is 0 Å². The lowest BCUT2D eigenvalue weighted by Crippen LogP contribution is -2.15. The average molecular weight is 260 g/mol. The van der Waals surface area contributed by atoms with Gasteiger partial charge in [0.25, 0.3) is 5.69 Å². The molecule has 0 saturated heterocycles. The van der Waals surface area contributed by atoms with E-state index in [1.807, 2.05) is 0 Å². The summed E-state index contributed by atoms with van der Waals surface area (Å²) in [5.74, 6) is 0. The Hall–Kier alpha value is -1.17. The van der Waals surface area contributed by atoms with Gasteiger partial charge in [-0.1, -0.05) is 17.7 Å². The molecule has 1 unspecified atom stereocenters. The quantitative estimate of drug-likeness (QED) is 0.628. The van der Waals surface area contributed by atoms with Crippen LogP contribution in [0.2, 0.25) is 5.02 Å². The molecule has 0 aromatic heterocycles. The van der Waals surface area contributed by atoms with Crippen molar-refractivity contribution in [3.05, 3.63) is 38.9 Å². The number of rotatable bonds is 6. The number of ether oxygens (including phenoxy) is 1. The second-order valence-electron chi connectivity index (χ2n) is 3.68. The van der Waals surface area contributed by atoms with Crippen LogP contribution in [0.5, 0.6) is 0 Å². The summed E-state index contributed by atoms with van der Waals surface area (Å²) < 4.78 is 4.78. The van der Waals surface area contributed by atoms with Gasteiger partial charge < -0.3 is 9.84 Å². The smallest absolute Gasteiger partial charge is 0.274 e. The van der Waals surface area contributed by atoms with Crippen LogP contribution in [0.25, 0.3) is 0 Å². The van der Waals surface area contributed by atoms with Crippen molar-refractivity contribution < 1.29 is 14.8 Å². The molecule has 0 amide bonds. The molecule has 1 atom stereocenters. The second-order valence-corrected chi connectivity index (χ2v) is 4.11. The van der Waals surface area contributed by atoms with E-state index >= 15 is 0 Å². The fourth-order valence-corrected chi connectivity index (χ4v) is 1.68. The Morgan fingerprint density at radius 1 is 1.59 bits per heavy atom. The maximum atomic E-state index is 10.8. The van der Waals surface area contributed by atoms with Crippen LogP contribution in [-0.4, -0.2) is 29.9 Å². The Kier molecular flexibility index (Phi) is 5.34. The third kappa shape index (κ3) is 4.30. The molecule has 0 bridgehead atoms. The van der Waals surface area contributed by atoms with E-state index in [2.05, 4.69) is 0 Å². The van der Waals surface area contributed by atoms with Crippen LogP contribution < -0.4 is 0 Å². The zero-order valence-corrected chi connectivity index (χ0v) is 10.2. The minimum Gasteiger partial charge on any atom is -0.391 e. The van der Waals surface area contributed by atoms with Crippen LogP contribution in [0.3, 0.4) is 0 Å². The van der Waals surface area contributed by atoms with Crippen LogP contribution >= 0.6 is 11.6 Å². The molecule has 17 heavy (non-hydrogen) atoms. The summed E-state index contributed by atoms with van der Waals surface area (Å²) in [6.45, 7) is 0.224. The van der Waals surface area contributed by atoms with E-state index in [1.165, 1.54) is 13.2 Å². The van der Waals surface area contributed by atoms with Gasteiger partial charge in [0, 0.05) is 23.8 Å². The van der Waals surface area contributed by atoms with Gasteiger partial charge in [-0.25, -0.2) is 0 Å². The Labute approximate surface area is 104 Å². The Morgan fingerprint density at radius 3 is 2.88 bits per heavy atom. The van der Waals surface area contributed by atoms with Gasteiger partial charge in [-0.15, -0.1) is 0 Å². The largest absolute Gasteiger partial charge is 0.391 e. The monoisotopic (exact) mass is 259 g/mol. The Morgan fingerprint density at radius 2 is 2.29 bits per heavy atom. The maximum Gasteiger partial charge on any atom is 0.274 e. The molecule has 0 aliphatic rings. The van der Waals surface area contributed by atoms with Gasteiger partial charge in [0.15, 0.2) is 0 Å². The maximum absolute atomic E-state index is 10.8. The predicted octanol–water partition coefficient (Wildman–Crippen LogP) is 2.19. The summed E-state index contributed by atoms with van der Waals surface area (Å²) in [6.07, 6.45) is 0.212. The predicted molar refractivity (Wildman–Crippen MR) is 64.3 cm³/mol. The Bertz CT molecular complexity index is 397. The molecule has 1 aromatic rings. The minimum absolute atomic E-state index is 0.0119. The highest BCUT2D eigenvalue weighted by atomic mass is 35.5. The molecular weight excluding hydrogens is 246 g/mol. The van der Waals surface area contributed by atoms with E-state index < -0.39 is 11.0 Å². The van der Waals surface area contributed by atoms with Crippen LogP contribution in [-0.2, 0) is 11.2 Å². The first-order valence-corrected chi connectivity index (χ1v) is 5.52. The molecule has 5 nitrogen and oxygen atoms in total. The highest BCUT2D eigenvalue weighted by molar-refractivity contribution is 6.30. The van der Waals surface area contributed by atoms with Gasteiger partial charge >= 0.3 is 0 Å². The number of aryl methyl sites for hydroxylation is 1. The molecule has 0 saturated carbocycles. The van der Waals surface area contributed by atoms with E-state index in [9.17, 15) is 15.2 Å². The molecule has 0 fully saturated rings. The molecule has 0 aliphatic carbocycles. The van der Waals surface area contributed by atoms with Crippen molar-refractivity contribution in [2.24, 2.45) is 0 Å². The van der Waals surface area contributed by atoms with Crippen molar-refractivity contribution in [1.82, 2.24) is 0 Å². The van der Waals surface area contributed by atoms with Crippen LogP contribution in [0.4, 0.5) is 5.69 Å². The molecule has 0 spiro atoms. The summed E-state index contributed by atoms with van der Waals surface area (Å²) in [5, 5.41) is 20.6. The van der Waals surface area contributed by atoms with Gasteiger partial charge in [-0.2, -0.15) is 0 Å². The number of hydrogen-bond donors (Lipinski definition) is 1. The van der Waals surface area contributed by atoms with E-state index in [4.69, 9.17) is 16.3 Å². The third-order valence-corrected chi connectivity index (χ3v) is 2.59. The van der Waals surface area contributed by atoms with Gasteiger partial charge in [0.05, 0.1) is 17.6 Å². The topological polar surface area (TPSA) is 72.6 Å². The van der Waals surface area contributed by atoms with Crippen molar-refractivity contribution in [2.45, 2.75) is 18.9 Å². The lowest BCUT2D eigenvalue weighted by atomic mass is 10.1. The number of aliphatic hydroxyl groups is 1. The molecule has 94 valence electrons. The number of methoxy groups -OCH3 is 1. The number of nitro groups is 1. The highest BCUT2D eigenvalue weighted by Gasteiger charge is 2.15. The minimum atomic E-state index is -0.615. The molecular formula is C11H14ClNO4.